The van der Waals surface area contributed by atoms with Crippen molar-refractivity contribution in [1.82, 2.24) is 10.6 Å². The molecule has 2 aliphatic heterocycles. The van der Waals surface area contributed by atoms with Gasteiger partial charge in [0.2, 0.25) is 0 Å². The summed E-state index contributed by atoms with van der Waals surface area (Å²) in [5, 5.41) is 56.0. The summed E-state index contributed by atoms with van der Waals surface area (Å²) in [6, 6.07) is 3.19. The fourth-order valence-electron chi connectivity index (χ4n) is 5.51. The van der Waals surface area contributed by atoms with Gasteiger partial charge in [0.25, 0.3) is 11.8 Å². The largest absolute Gasteiger partial charge is 0.495 e. The summed E-state index contributed by atoms with van der Waals surface area (Å²) < 4.78 is 18.9. The summed E-state index contributed by atoms with van der Waals surface area (Å²) in [5.41, 5.74) is -2.16. The third-order valence-corrected chi connectivity index (χ3v) is 12.2. The summed E-state index contributed by atoms with van der Waals surface area (Å²) >= 11 is 20.2. The van der Waals surface area contributed by atoms with Crippen molar-refractivity contribution in [3.63, 3.8) is 0 Å². The summed E-state index contributed by atoms with van der Waals surface area (Å²) in [7, 11) is 2.91. The molecule has 0 saturated carbocycles. The fourth-order valence-corrected chi connectivity index (χ4v) is 10.5. The van der Waals surface area contributed by atoms with Crippen molar-refractivity contribution in [3.8, 4) is 5.75 Å². The molecule has 2 aliphatic carbocycles. The second-order valence-corrected chi connectivity index (χ2v) is 16.9. The van der Waals surface area contributed by atoms with E-state index in [0.717, 1.165) is 0 Å². The number of aliphatic hydroxyl groups is 4. The highest BCUT2D eigenvalue weighted by Crippen LogP contribution is 2.45. The van der Waals surface area contributed by atoms with Crippen LogP contribution >= 0.6 is 95.6 Å². The van der Waals surface area contributed by atoms with E-state index < -0.39 is 47.4 Å². The highest BCUT2D eigenvalue weighted by Gasteiger charge is 2.52. The van der Waals surface area contributed by atoms with Crippen LogP contribution in [0.5, 0.6) is 5.75 Å². The number of halogens is 6. The number of nitrogens with one attached hydrogen (secondary N) is 2. The van der Waals surface area contributed by atoms with Gasteiger partial charge in [0.15, 0.2) is 11.2 Å². The molecule has 2 spiro atoms. The molecular weight excluding hydrogens is 1080 g/mol. The number of aliphatic hydroxyl groups excluding tert-OH is 4. The standard InChI is InChI=1S/C31H30Br6N4O11/c1-48-24-16(34)5-30(26(44)21(24)36)7-18(40-51-30)28(46)38-9-13(42)11-50-23-14(32)3-12(4-15(23)33)20(43)10-39-29(47)19-8-31(52-41-19)6-17(35)25(49-2)22(37)27(31)45/h3-6,13,20,26-27,42-45H,7-11H2,1-2H3,(H,38,46)(H,39,47)/t13?,20?,26-,27-,30+,31+/m0/s1. The topological polar surface area (TPSA) is 210 Å². The number of carbonyl (C=O) groups is 2. The average molecular weight is 1110 g/mol. The van der Waals surface area contributed by atoms with Gasteiger partial charge in [-0.2, -0.15) is 0 Å². The quantitative estimate of drug-likeness (QED) is 0.176. The Bertz CT molecular complexity index is 1810. The minimum absolute atomic E-state index is 0.0225. The predicted molar refractivity (Wildman–Crippen MR) is 208 cm³/mol. The maximum Gasteiger partial charge on any atom is 0.269 e. The maximum absolute atomic E-state index is 12.9. The number of rotatable bonds is 12. The van der Waals surface area contributed by atoms with E-state index in [0.29, 0.717) is 49.7 Å². The van der Waals surface area contributed by atoms with Crippen molar-refractivity contribution in [2.45, 2.75) is 48.5 Å². The third kappa shape index (κ3) is 8.37. The smallest absolute Gasteiger partial charge is 0.269 e. The number of hydrogen-bond acceptors (Lipinski definition) is 13. The molecule has 52 heavy (non-hydrogen) atoms. The Morgan fingerprint density at radius 2 is 1.27 bits per heavy atom. The molecule has 2 unspecified atom stereocenters. The third-order valence-electron chi connectivity index (χ3n) is 8.27. The van der Waals surface area contributed by atoms with Gasteiger partial charge < -0.3 is 54.9 Å². The number of hydrogen-bond donors (Lipinski definition) is 6. The second-order valence-electron chi connectivity index (χ2n) is 11.8. The van der Waals surface area contributed by atoms with Gasteiger partial charge in [-0.05, 0) is 125 Å². The van der Waals surface area contributed by atoms with Gasteiger partial charge in [-0.3, -0.25) is 9.59 Å². The van der Waals surface area contributed by atoms with Crippen LogP contribution in [-0.4, -0.2) is 107 Å². The van der Waals surface area contributed by atoms with E-state index in [1.165, 1.54) is 14.2 Å². The lowest BCUT2D eigenvalue weighted by Crippen LogP contribution is -2.45. The van der Waals surface area contributed by atoms with Crippen molar-refractivity contribution in [2.24, 2.45) is 10.3 Å². The monoisotopic (exact) mass is 1110 g/mol. The number of amides is 2. The molecule has 5 rings (SSSR count). The fraction of sp³-hybridized carbons (Fsp3) is 0.419. The van der Waals surface area contributed by atoms with Crippen LogP contribution < -0.4 is 15.4 Å². The van der Waals surface area contributed by atoms with Gasteiger partial charge >= 0.3 is 0 Å². The Morgan fingerprint density at radius 1 is 0.827 bits per heavy atom. The zero-order chi connectivity index (χ0) is 38.1. The van der Waals surface area contributed by atoms with Crippen molar-refractivity contribution < 1.29 is 53.9 Å². The van der Waals surface area contributed by atoms with E-state index in [2.05, 4.69) is 117 Å². The molecule has 2 amide bonds. The lowest BCUT2D eigenvalue weighted by molar-refractivity contribution is -0.116. The number of nitrogens with zero attached hydrogens (tertiary/aromatic N) is 2. The van der Waals surface area contributed by atoms with Gasteiger partial charge in [-0.1, -0.05) is 10.3 Å². The summed E-state index contributed by atoms with van der Waals surface area (Å²) in [5.74, 6) is -0.0771. The number of ether oxygens (including phenoxy) is 3. The van der Waals surface area contributed by atoms with E-state index in [-0.39, 0.29) is 44.0 Å². The minimum atomic E-state index is -1.32. The van der Waals surface area contributed by atoms with Crippen molar-refractivity contribution in [2.75, 3.05) is 33.9 Å². The number of allylic oxidation sites excluding steroid dienone is 2. The maximum atomic E-state index is 12.9. The van der Waals surface area contributed by atoms with Crippen molar-refractivity contribution in [3.05, 3.63) is 68.2 Å². The van der Waals surface area contributed by atoms with E-state index in [9.17, 15) is 30.0 Å². The minimum Gasteiger partial charge on any atom is -0.495 e. The SMILES string of the molecule is COC1=C(Br)[C@H](O)[C@@]2(C=C1Br)CC(C(=O)NCC(O)COc1c(Br)cc(C(O)CNC(=O)C3=NO[C@]4(C=C(Br)C(OC)=C(Br)[C@@H]4O)C3)cc1Br)=NO2. The van der Waals surface area contributed by atoms with Crippen LogP contribution in [0, 0.1) is 0 Å². The van der Waals surface area contributed by atoms with Crippen molar-refractivity contribution >= 4 is 119 Å². The van der Waals surface area contributed by atoms with E-state index in [4.69, 9.17) is 23.9 Å². The first-order valence-corrected chi connectivity index (χ1v) is 19.9. The number of methoxy groups -OCH3 is 2. The first-order valence-electron chi connectivity index (χ1n) is 15.1. The number of benzene rings is 1. The normalized spacial score (nSPS) is 26.5. The summed E-state index contributed by atoms with van der Waals surface area (Å²) in [6.07, 6.45) is -1.53. The molecule has 1 aromatic rings. The lowest BCUT2D eigenvalue weighted by Gasteiger charge is -2.33. The van der Waals surface area contributed by atoms with Gasteiger partial charge in [-0.15, -0.1) is 0 Å². The molecule has 0 radical (unpaired) electrons. The number of carbonyl (C=O) groups excluding carboxylic acids is 2. The Morgan fingerprint density at radius 3 is 1.71 bits per heavy atom. The molecule has 21 heteroatoms. The molecule has 0 bridgehead atoms. The average Bonchev–Trinajstić information content (AvgIpc) is 3.73. The summed E-state index contributed by atoms with van der Waals surface area (Å²) in [4.78, 5) is 36.8. The van der Waals surface area contributed by atoms with Gasteiger partial charge in [0.1, 0.15) is 53.6 Å². The van der Waals surface area contributed by atoms with E-state index in [1.54, 1.807) is 24.3 Å². The highest BCUT2D eigenvalue weighted by atomic mass is 79.9. The van der Waals surface area contributed by atoms with E-state index in [1.807, 2.05) is 0 Å². The summed E-state index contributed by atoms with van der Waals surface area (Å²) in [6.45, 7) is -0.560. The zero-order valence-electron chi connectivity index (χ0n) is 27.0. The zero-order valence-corrected chi connectivity index (χ0v) is 36.5. The molecule has 0 fully saturated rings. The molecule has 6 atom stereocenters. The molecule has 4 aliphatic rings. The predicted octanol–water partition coefficient (Wildman–Crippen LogP) is 4.06. The first kappa shape index (κ1) is 41.3. The van der Waals surface area contributed by atoms with Gasteiger partial charge in [0, 0.05) is 25.9 Å². The Hall–Kier alpha value is -1.82. The molecule has 6 N–H and O–H groups in total. The molecule has 15 nitrogen and oxygen atoms in total. The lowest BCUT2D eigenvalue weighted by atomic mass is 9.87. The van der Waals surface area contributed by atoms with Crippen LogP contribution in [0.15, 0.2) is 73.0 Å². The van der Waals surface area contributed by atoms with Crippen LogP contribution in [0.25, 0.3) is 0 Å². The Balaban J connectivity index is 1.09. The number of oxime groups is 2. The van der Waals surface area contributed by atoms with Crippen LogP contribution in [0.4, 0.5) is 0 Å². The molecule has 0 saturated heterocycles. The highest BCUT2D eigenvalue weighted by molar-refractivity contribution is 9.12. The molecule has 0 aromatic heterocycles. The Labute approximate surface area is 347 Å². The molecule has 282 valence electrons. The first-order chi connectivity index (χ1) is 24.6. The second kappa shape index (κ2) is 16.9. The Kier molecular flexibility index (Phi) is 13.4. The van der Waals surface area contributed by atoms with Crippen LogP contribution in [0.3, 0.4) is 0 Å². The van der Waals surface area contributed by atoms with E-state index >= 15 is 0 Å². The van der Waals surface area contributed by atoms with Crippen LogP contribution in [-0.2, 0) is 28.7 Å². The van der Waals surface area contributed by atoms with Crippen LogP contribution in [0.1, 0.15) is 24.5 Å². The van der Waals surface area contributed by atoms with Crippen molar-refractivity contribution in [1.29, 1.82) is 0 Å². The van der Waals surface area contributed by atoms with Crippen LogP contribution in [0.2, 0.25) is 0 Å². The molecular formula is C31H30Br6N4O11. The molecule has 2 heterocycles. The van der Waals surface area contributed by atoms with Gasteiger partial charge in [-0.25, -0.2) is 0 Å². The molecule has 1 aromatic carbocycles. The van der Waals surface area contributed by atoms with Gasteiger partial charge in [0.05, 0.1) is 47.2 Å².